The highest BCUT2D eigenvalue weighted by molar-refractivity contribution is 7.92. The van der Waals surface area contributed by atoms with E-state index in [0.717, 1.165) is 44.5 Å². The molecule has 33 heavy (non-hydrogen) atoms. The zero-order valence-corrected chi connectivity index (χ0v) is 19.0. The Hall–Kier alpha value is -2.78. The van der Waals surface area contributed by atoms with Crippen molar-refractivity contribution in [3.05, 3.63) is 47.5 Å². The molecule has 3 unspecified atom stereocenters. The van der Waals surface area contributed by atoms with Gasteiger partial charge in [-0.2, -0.15) is 0 Å². The number of nitrogens with zero attached hydrogens (tertiary/aromatic N) is 1. The Kier molecular flexibility index (Phi) is 4.81. The van der Waals surface area contributed by atoms with Gasteiger partial charge >= 0.3 is 5.97 Å². The van der Waals surface area contributed by atoms with E-state index in [1.807, 2.05) is 6.07 Å². The van der Waals surface area contributed by atoms with E-state index in [0.29, 0.717) is 35.8 Å². The number of nitrogens with one attached hydrogen (secondary N) is 2. The first-order valence-corrected chi connectivity index (χ1v) is 13.0. The van der Waals surface area contributed by atoms with Crippen LogP contribution < -0.4 is 14.8 Å². The molecule has 4 fully saturated rings. The quantitative estimate of drug-likeness (QED) is 0.596. The van der Waals surface area contributed by atoms with Gasteiger partial charge in [0.25, 0.3) is 10.0 Å². The van der Waals surface area contributed by atoms with E-state index in [9.17, 15) is 18.3 Å². The maximum atomic E-state index is 13.4. The third-order valence-corrected chi connectivity index (χ3v) is 9.01. The van der Waals surface area contributed by atoms with Crippen molar-refractivity contribution in [2.75, 3.05) is 36.3 Å². The van der Waals surface area contributed by atoms with Gasteiger partial charge in [0.1, 0.15) is 16.2 Å². The summed E-state index contributed by atoms with van der Waals surface area (Å²) in [6, 6.07) is 10.3. The minimum Gasteiger partial charge on any atom is -0.492 e. The van der Waals surface area contributed by atoms with E-state index in [-0.39, 0.29) is 22.2 Å². The Bertz CT molecular complexity index is 1220. The molecule has 4 aliphatic heterocycles. The Morgan fingerprint density at radius 2 is 1.85 bits per heavy atom. The fourth-order valence-corrected chi connectivity index (χ4v) is 6.94. The first-order chi connectivity index (χ1) is 15.9. The number of fused-ring (bicyclic) bond motifs is 6. The van der Waals surface area contributed by atoms with Gasteiger partial charge in [-0.3, -0.25) is 4.72 Å². The van der Waals surface area contributed by atoms with Crippen LogP contribution in [0.2, 0.25) is 0 Å². The molecule has 174 valence electrons. The molecular weight excluding hydrogens is 442 g/mol. The fourth-order valence-electron chi connectivity index (χ4n) is 5.70. The molecule has 8 nitrogen and oxygen atoms in total. The SMILES string of the molecule is O=C(O)c1c(NS(=O)(=O)c2ccccc2NC2CN3CCC2CC3)ccc2c1OCC1CC21. The fraction of sp³-hybridized carbons (Fsp3) is 0.458. The number of ether oxygens (including phenoxy) is 1. The lowest BCUT2D eigenvalue weighted by atomic mass is 9.84. The van der Waals surface area contributed by atoms with Crippen LogP contribution in [0.3, 0.4) is 0 Å². The summed E-state index contributed by atoms with van der Waals surface area (Å²) >= 11 is 0. The lowest BCUT2D eigenvalue weighted by molar-refractivity contribution is 0.0692. The number of benzene rings is 2. The zero-order valence-electron chi connectivity index (χ0n) is 18.2. The van der Waals surface area contributed by atoms with E-state index in [1.165, 1.54) is 0 Å². The van der Waals surface area contributed by atoms with Gasteiger partial charge in [-0.25, -0.2) is 13.2 Å². The largest absolute Gasteiger partial charge is 0.492 e. The molecule has 0 radical (unpaired) electrons. The van der Waals surface area contributed by atoms with Gasteiger partial charge in [-0.05, 0) is 68.0 Å². The summed E-state index contributed by atoms with van der Waals surface area (Å²) in [7, 11) is -4.04. The summed E-state index contributed by atoms with van der Waals surface area (Å²) in [5, 5.41) is 13.4. The number of carboxylic acids is 1. The number of carbonyl (C=O) groups is 1. The number of aromatic carboxylic acids is 1. The predicted molar refractivity (Wildman–Crippen MR) is 124 cm³/mol. The van der Waals surface area contributed by atoms with Gasteiger partial charge < -0.3 is 20.1 Å². The van der Waals surface area contributed by atoms with Crippen molar-refractivity contribution < 1.29 is 23.1 Å². The second-order valence-corrected chi connectivity index (χ2v) is 11.3. The predicted octanol–water partition coefficient (Wildman–Crippen LogP) is 3.19. The molecule has 2 aromatic rings. The molecule has 1 saturated carbocycles. The maximum Gasteiger partial charge on any atom is 0.341 e. The van der Waals surface area contributed by atoms with Crippen molar-refractivity contribution in [2.24, 2.45) is 11.8 Å². The minimum atomic E-state index is -4.04. The summed E-state index contributed by atoms with van der Waals surface area (Å²) in [5.74, 6) is 0.360. The van der Waals surface area contributed by atoms with E-state index in [4.69, 9.17) is 4.74 Å². The number of hydrogen-bond donors (Lipinski definition) is 3. The molecule has 9 heteroatoms. The van der Waals surface area contributed by atoms with Crippen molar-refractivity contribution >= 4 is 27.4 Å². The first kappa shape index (κ1) is 20.8. The van der Waals surface area contributed by atoms with Crippen molar-refractivity contribution in [3.63, 3.8) is 0 Å². The average molecular weight is 470 g/mol. The summed E-state index contributed by atoms with van der Waals surface area (Å²) in [5.41, 5.74) is 1.30. The van der Waals surface area contributed by atoms with Crippen LogP contribution in [-0.2, 0) is 10.0 Å². The second-order valence-electron chi connectivity index (χ2n) is 9.62. The molecule has 5 aliphatic rings. The van der Waals surface area contributed by atoms with E-state index in [2.05, 4.69) is 14.9 Å². The summed E-state index contributed by atoms with van der Waals surface area (Å²) in [6.07, 6.45) is 3.21. The normalized spacial score (nSPS) is 29.4. The van der Waals surface area contributed by atoms with Crippen LogP contribution in [0.4, 0.5) is 11.4 Å². The van der Waals surface area contributed by atoms with Crippen LogP contribution in [0, 0.1) is 11.8 Å². The number of para-hydroxylation sites is 1. The highest BCUT2D eigenvalue weighted by Gasteiger charge is 2.45. The number of piperidine rings is 3. The molecule has 2 bridgehead atoms. The monoisotopic (exact) mass is 469 g/mol. The Morgan fingerprint density at radius 3 is 2.58 bits per heavy atom. The molecule has 0 spiro atoms. The second kappa shape index (κ2) is 7.63. The summed E-state index contributed by atoms with van der Waals surface area (Å²) in [4.78, 5) is 14.6. The van der Waals surface area contributed by atoms with Crippen molar-refractivity contribution in [1.82, 2.24) is 4.90 Å². The number of carboxylic acid groups (broad SMARTS) is 1. The van der Waals surface area contributed by atoms with Crippen LogP contribution in [0.5, 0.6) is 5.75 Å². The van der Waals surface area contributed by atoms with Crippen LogP contribution in [0.15, 0.2) is 41.3 Å². The molecule has 3 saturated heterocycles. The average Bonchev–Trinajstić information content (AvgIpc) is 3.60. The third-order valence-electron chi connectivity index (χ3n) is 7.58. The standard InChI is InChI=1S/C24H27N3O5S/c28-24(29)22-19(6-5-16-17-11-15(17)13-32-23(16)22)26-33(30,31)21-4-2-1-3-18(21)25-20-12-27-9-7-14(20)8-10-27/h1-6,14-15,17,20,25-26H,7-13H2,(H,28,29). The third kappa shape index (κ3) is 3.63. The lowest BCUT2D eigenvalue weighted by Gasteiger charge is -2.45. The van der Waals surface area contributed by atoms with Gasteiger partial charge in [-0.1, -0.05) is 18.2 Å². The minimum absolute atomic E-state index is 0.0259. The summed E-state index contributed by atoms with van der Waals surface area (Å²) < 4.78 is 35.2. The lowest BCUT2D eigenvalue weighted by Crippen LogP contribution is -2.53. The first-order valence-electron chi connectivity index (χ1n) is 11.5. The van der Waals surface area contributed by atoms with Crippen molar-refractivity contribution in [2.45, 2.75) is 36.1 Å². The number of rotatable bonds is 6. The molecule has 4 heterocycles. The van der Waals surface area contributed by atoms with Crippen LogP contribution in [0.25, 0.3) is 0 Å². The van der Waals surface area contributed by atoms with Crippen molar-refractivity contribution in [1.29, 1.82) is 0 Å². The Balaban J connectivity index is 1.32. The van der Waals surface area contributed by atoms with E-state index < -0.39 is 16.0 Å². The van der Waals surface area contributed by atoms with Crippen LogP contribution in [0.1, 0.15) is 41.1 Å². The topological polar surface area (TPSA) is 108 Å². The molecular formula is C24H27N3O5S. The van der Waals surface area contributed by atoms with Gasteiger partial charge in [-0.15, -0.1) is 0 Å². The molecule has 7 rings (SSSR count). The maximum absolute atomic E-state index is 13.4. The highest BCUT2D eigenvalue weighted by Crippen LogP contribution is 2.55. The smallest absolute Gasteiger partial charge is 0.341 e. The molecule has 0 amide bonds. The molecule has 3 N–H and O–H groups in total. The summed E-state index contributed by atoms with van der Waals surface area (Å²) in [6.45, 7) is 3.58. The van der Waals surface area contributed by atoms with E-state index >= 15 is 0 Å². The van der Waals surface area contributed by atoms with Crippen LogP contribution >= 0.6 is 0 Å². The number of anilines is 2. The molecule has 3 atom stereocenters. The van der Waals surface area contributed by atoms with E-state index in [1.54, 1.807) is 30.3 Å². The number of sulfonamides is 1. The Morgan fingerprint density at radius 1 is 1.06 bits per heavy atom. The molecule has 2 aromatic carbocycles. The Labute approximate surface area is 193 Å². The van der Waals surface area contributed by atoms with Crippen LogP contribution in [-0.4, -0.2) is 56.7 Å². The van der Waals surface area contributed by atoms with Gasteiger partial charge in [0.15, 0.2) is 0 Å². The van der Waals surface area contributed by atoms with Crippen molar-refractivity contribution in [3.8, 4) is 5.75 Å². The zero-order chi connectivity index (χ0) is 22.7. The molecule has 1 aliphatic carbocycles. The van der Waals surface area contributed by atoms with Gasteiger partial charge in [0.2, 0.25) is 0 Å². The number of hydrogen-bond acceptors (Lipinski definition) is 6. The highest BCUT2D eigenvalue weighted by atomic mass is 32.2. The van der Waals surface area contributed by atoms with Gasteiger partial charge in [0.05, 0.1) is 18.0 Å². The van der Waals surface area contributed by atoms with Gasteiger partial charge in [0, 0.05) is 18.5 Å². The molecule has 0 aromatic heterocycles.